The number of rotatable bonds is 10. The van der Waals surface area contributed by atoms with Crippen LogP contribution in [0.2, 0.25) is 0 Å². The van der Waals surface area contributed by atoms with E-state index in [0.29, 0.717) is 4.90 Å². The summed E-state index contributed by atoms with van der Waals surface area (Å²) in [6, 6.07) is -2.64. The number of carbonyl (C=O) groups is 6. The molecule has 12 heteroatoms. The number of amides is 4. The Kier molecular flexibility index (Phi) is 7.77. The quantitative estimate of drug-likeness (QED) is 0.207. The molecule has 142 valence electrons. The third-order valence-electron chi connectivity index (χ3n) is 3.33. The van der Waals surface area contributed by atoms with E-state index in [1.807, 2.05) is 0 Å². The van der Waals surface area contributed by atoms with Crippen LogP contribution in [-0.2, 0) is 28.8 Å². The molecule has 0 aromatic carbocycles. The fraction of sp³-hybridized carbons (Fsp3) is 0.429. The third-order valence-corrected chi connectivity index (χ3v) is 3.70. The van der Waals surface area contributed by atoms with Gasteiger partial charge in [0.15, 0.2) is 0 Å². The maximum Gasteiger partial charge on any atom is 0.326 e. The van der Waals surface area contributed by atoms with Gasteiger partial charge in [-0.25, -0.2) is 4.79 Å². The number of imide groups is 1. The lowest BCUT2D eigenvalue weighted by Crippen LogP contribution is -2.49. The van der Waals surface area contributed by atoms with Gasteiger partial charge in [0, 0.05) is 24.3 Å². The van der Waals surface area contributed by atoms with Crippen LogP contribution in [-0.4, -0.2) is 75.1 Å². The van der Waals surface area contributed by atoms with Crippen molar-refractivity contribution in [2.24, 2.45) is 0 Å². The lowest BCUT2D eigenvalue weighted by atomic mass is 10.1. The molecule has 0 aromatic heterocycles. The van der Waals surface area contributed by atoms with Crippen LogP contribution in [0.3, 0.4) is 0 Å². The van der Waals surface area contributed by atoms with E-state index in [1.165, 1.54) is 0 Å². The van der Waals surface area contributed by atoms with Gasteiger partial charge in [0.05, 0.1) is 0 Å². The molecule has 0 aliphatic carbocycles. The molecule has 26 heavy (non-hydrogen) atoms. The van der Waals surface area contributed by atoms with Gasteiger partial charge in [-0.3, -0.25) is 28.9 Å². The van der Waals surface area contributed by atoms with Gasteiger partial charge in [-0.05, 0) is 6.42 Å². The lowest BCUT2D eigenvalue weighted by Gasteiger charge is -2.22. The van der Waals surface area contributed by atoms with E-state index in [4.69, 9.17) is 5.11 Å². The highest BCUT2D eigenvalue weighted by molar-refractivity contribution is 7.80. The summed E-state index contributed by atoms with van der Waals surface area (Å²) in [4.78, 5) is 69.0. The van der Waals surface area contributed by atoms with Crippen molar-refractivity contribution in [3.63, 3.8) is 0 Å². The van der Waals surface area contributed by atoms with E-state index >= 15 is 0 Å². The van der Waals surface area contributed by atoms with Crippen LogP contribution in [0.4, 0.5) is 0 Å². The summed E-state index contributed by atoms with van der Waals surface area (Å²) in [5.41, 5.74) is 0. The van der Waals surface area contributed by atoms with Crippen LogP contribution in [0.5, 0.6) is 0 Å². The Balaban J connectivity index is 2.61. The molecule has 0 unspecified atom stereocenters. The molecule has 4 N–H and O–H groups in total. The summed E-state index contributed by atoms with van der Waals surface area (Å²) in [7, 11) is 0. The van der Waals surface area contributed by atoms with Gasteiger partial charge in [0.25, 0.3) is 11.8 Å². The second kappa shape index (κ2) is 9.56. The summed E-state index contributed by atoms with van der Waals surface area (Å²) < 4.78 is 0. The van der Waals surface area contributed by atoms with Crippen molar-refractivity contribution in [1.29, 1.82) is 0 Å². The van der Waals surface area contributed by atoms with Crippen molar-refractivity contribution in [2.45, 2.75) is 24.9 Å². The minimum absolute atomic E-state index is 0.118. The fourth-order valence-corrected chi connectivity index (χ4v) is 2.35. The largest absolute Gasteiger partial charge is 0.480 e. The molecule has 1 rings (SSSR count). The molecule has 4 amide bonds. The molecule has 11 nitrogen and oxygen atoms in total. The Labute approximate surface area is 152 Å². The zero-order valence-electron chi connectivity index (χ0n) is 13.4. The van der Waals surface area contributed by atoms with E-state index in [0.717, 1.165) is 12.2 Å². The Morgan fingerprint density at radius 1 is 1.12 bits per heavy atom. The maximum absolute atomic E-state index is 11.9. The predicted molar refractivity (Wildman–Crippen MR) is 88.1 cm³/mol. The van der Waals surface area contributed by atoms with Crippen LogP contribution < -0.4 is 10.6 Å². The van der Waals surface area contributed by atoms with Crippen LogP contribution >= 0.6 is 12.6 Å². The monoisotopic (exact) mass is 387 g/mol. The highest BCUT2D eigenvalue weighted by atomic mass is 32.1. The first kappa shape index (κ1) is 21.2. The van der Waals surface area contributed by atoms with Crippen LogP contribution in [0, 0.1) is 0 Å². The van der Waals surface area contributed by atoms with Crippen molar-refractivity contribution in [1.82, 2.24) is 15.5 Å². The molecule has 1 heterocycles. The van der Waals surface area contributed by atoms with E-state index < -0.39 is 54.2 Å². The van der Waals surface area contributed by atoms with Crippen LogP contribution in [0.1, 0.15) is 12.8 Å². The van der Waals surface area contributed by atoms with Gasteiger partial charge < -0.3 is 20.8 Å². The smallest absolute Gasteiger partial charge is 0.326 e. The zero-order valence-corrected chi connectivity index (χ0v) is 14.3. The number of nitrogens with zero attached hydrogens (tertiary/aromatic N) is 1. The summed E-state index contributed by atoms with van der Waals surface area (Å²) in [5, 5.41) is 22.0. The van der Waals surface area contributed by atoms with Crippen LogP contribution in [0.25, 0.3) is 0 Å². The van der Waals surface area contributed by atoms with Gasteiger partial charge in [-0.15, -0.1) is 0 Å². The number of carboxylic acids is 2. The molecule has 0 radical (unpaired) electrons. The number of nitrogens with one attached hydrogen (secondary N) is 2. The van der Waals surface area contributed by atoms with Gasteiger partial charge in [-0.1, -0.05) is 0 Å². The maximum atomic E-state index is 11.9. The molecule has 0 spiro atoms. The van der Waals surface area contributed by atoms with Gasteiger partial charge >= 0.3 is 11.9 Å². The number of hydrogen-bond acceptors (Lipinski definition) is 7. The SMILES string of the molecule is O=C(O)CNC(=O)[C@H](CS)NC(=O)CC[C@H](C(=O)O)N1C(=O)C=CC1=O. The van der Waals surface area contributed by atoms with Crippen molar-refractivity contribution in [3.05, 3.63) is 12.2 Å². The van der Waals surface area contributed by atoms with E-state index in [1.54, 1.807) is 0 Å². The highest BCUT2D eigenvalue weighted by Gasteiger charge is 2.36. The molecular weight excluding hydrogens is 370 g/mol. The number of hydrogen-bond donors (Lipinski definition) is 5. The molecular formula is C14H17N3O8S. The molecule has 2 atom stereocenters. The average Bonchev–Trinajstić information content (AvgIpc) is 2.89. The number of carbonyl (C=O) groups excluding carboxylic acids is 4. The molecule has 1 aliphatic heterocycles. The Morgan fingerprint density at radius 3 is 2.15 bits per heavy atom. The van der Waals surface area contributed by atoms with E-state index in [-0.39, 0.29) is 18.6 Å². The second-order valence-electron chi connectivity index (χ2n) is 5.19. The van der Waals surface area contributed by atoms with Crippen LogP contribution in [0.15, 0.2) is 12.2 Å². The molecule has 0 fully saturated rings. The summed E-state index contributed by atoms with van der Waals surface area (Å²) in [6.07, 6.45) is 1.13. The number of thiol groups is 1. The van der Waals surface area contributed by atoms with Crippen molar-refractivity contribution in [3.8, 4) is 0 Å². The second-order valence-corrected chi connectivity index (χ2v) is 5.55. The van der Waals surface area contributed by atoms with Crippen molar-refractivity contribution in [2.75, 3.05) is 12.3 Å². The summed E-state index contributed by atoms with van der Waals surface area (Å²) in [5.74, 6) is -5.89. The van der Waals surface area contributed by atoms with Gasteiger partial charge in [0.2, 0.25) is 11.8 Å². The molecule has 1 aliphatic rings. The number of carboxylic acid groups (broad SMARTS) is 2. The van der Waals surface area contributed by atoms with Crippen molar-refractivity contribution >= 4 is 48.2 Å². The van der Waals surface area contributed by atoms with Crippen molar-refractivity contribution < 1.29 is 39.0 Å². The first-order valence-electron chi connectivity index (χ1n) is 7.35. The first-order chi connectivity index (χ1) is 12.2. The molecule has 0 aromatic rings. The minimum atomic E-state index is -1.52. The topological polar surface area (TPSA) is 170 Å². The molecule has 0 saturated carbocycles. The highest BCUT2D eigenvalue weighted by Crippen LogP contribution is 2.14. The van der Waals surface area contributed by atoms with E-state index in [2.05, 4.69) is 23.3 Å². The Bertz CT molecular complexity index is 645. The zero-order chi connectivity index (χ0) is 19.9. The molecule has 0 bridgehead atoms. The summed E-state index contributed by atoms with van der Waals surface area (Å²) >= 11 is 3.89. The first-order valence-corrected chi connectivity index (χ1v) is 7.98. The Morgan fingerprint density at radius 2 is 1.69 bits per heavy atom. The lowest BCUT2D eigenvalue weighted by molar-refractivity contribution is -0.153. The normalized spacial score (nSPS) is 15.5. The van der Waals surface area contributed by atoms with Gasteiger partial charge in [-0.2, -0.15) is 12.6 Å². The Hall–Kier alpha value is -2.89. The number of aliphatic carboxylic acids is 2. The third kappa shape index (κ3) is 5.88. The minimum Gasteiger partial charge on any atom is -0.480 e. The average molecular weight is 387 g/mol. The predicted octanol–water partition coefficient (Wildman–Crippen LogP) is -2.24. The standard InChI is InChI=1S/C14H17N3O8S/c18-9(16-7(6-26)13(23)15-5-12(21)22)2-1-8(14(24)25)17-10(19)3-4-11(17)20/h3-4,7-8,26H,1-2,5-6H2,(H,15,23)(H,16,18)(H,21,22)(H,24,25)/t7-,8+/m0/s1. The molecule has 0 saturated heterocycles. The van der Waals surface area contributed by atoms with E-state index in [9.17, 15) is 33.9 Å². The fourth-order valence-electron chi connectivity index (χ4n) is 2.10. The van der Waals surface area contributed by atoms with Gasteiger partial charge in [0.1, 0.15) is 18.6 Å². The summed E-state index contributed by atoms with van der Waals surface area (Å²) in [6.45, 7) is -0.633.